The summed E-state index contributed by atoms with van der Waals surface area (Å²) >= 11 is 6.16. The van der Waals surface area contributed by atoms with Crippen LogP contribution in [-0.4, -0.2) is 22.9 Å². The molecule has 110 valence electrons. The normalized spacial score (nSPS) is 17.1. The number of carbonyl (C=O) groups excluding carboxylic acids is 1. The van der Waals surface area contributed by atoms with Gasteiger partial charge in [-0.15, -0.1) is 0 Å². The van der Waals surface area contributed by atoms with Crippen molar-refractivity contribution in [2.45, 2.75) is 51.1 Å². The van der Waals surface area contributed by atoms with E-state index in [0.717, 1.165) is 31.2 Å². The summed E-state index contributed by atoms with van der Waals surface area (Å²) in [5, 5.41) is 0.710. The standard InChI is InChI=1S/C16H23ClN2O/c1-2-19(12-13-7-3-4-8-14(13)17)15(20)11-16(18)9-5-6-10-16/h3-4,7-8H,2,5-6,9-12,18H2,1H3. The molecule has 20 heavy (non-hydrogen) atoms. The molecule has 2 rings (SSSR count). The van der Waals surface area contributed by atoms with Gasteiger partial charge in [0.15, 0.2) is 0 Å². The first-order valence-electron chi connectivity index (χ1n) is 7.34. The molecule has 0 unspecified atom stereocenters. The molecule has 4 heteroatoms. The van der Waals surface area contributed by atoms with E-state index in [9.17, 15) is 4.79 Å². The highest BCUT2D eigenvalue weighted by Gasteiger charge is 2.33. The minimum Gasteiger partial charge on any atom is -0.339 e. The van der Waals surface area contributed by atoms with Gasteiger partial charge < -0.3 is 10.6 Å². The van der Waals surface area contributed by atoms with E-state index < -0.39 is 0 Å². The molecule has 1 aromatic carbocycles. The van der Waals surface area contributed by atoms with Crippen molar-refractivity contribution in [1.29, 1.82) is 0 Å². The Bertz CT molecular complexity index is 469. The van der Waals surface area contributed by atoms with Gasteiger partial charge in [0, 0.05) is 30.1 Å². The number of hydrogen-bond acceptors (Lipinski definition) is 2. The highest BCUT2D eigenvalue weighted by molar-refractivity contribution is 6.31. The summed E-state index contributed by atoms with van der Waals surface area (Å²) in [6.07, 6.45) is 4.65. The lowest BCUT2D eigenvalue weighted by Crippen LogP contribution is -2.43. The molecular formula is C16H23ClN2O. The van der Waals surface area contributed by atoms with E-state index >= 15 is 0 Å². The van der Waals surface area contributed by atoms with Gasteiger partial charge in [-0.1, -0.05) is 42.6 Å². The van der Waals surface area contributed by atoms with Crippen molar-refractivity contribution >= 4 is 17.5 Å². The molecule has 0 spiro atoms. The third-order valence-corrected chi connectivity index (χ3v) is 4.52. The quantitative estimate of drug-likeness (QED) is 0.905. The second-order valence-corrected chi connectivity index (χ2v) is 6.15. The van der Waals surface area contributed by atoms with Crippen molar-refractivity contribution in [3.8, 4) is 0 Å². The van der Waals surface area contributed by atoms with E-state index in [0.29, 0.717) is 24.5 Å². The van der Waals surface area contributed by atoms with Crippen LogP contribution in [0.2, 0.25) is 5.02 Å². The van der Waals surface area contributed by atoms with Crippen LogP contribution < -0.4 is 5.73 Å². The minimum absolute atomic E-state index is 0.136. The Kier molecular flexibility index (Phi) is 5.06. The zero-order chi connectivity index (χ0) is 14.6. The molecule has 0 radical (unpaired) electrons. The van der Waals surface area contributed by atoms with Gasteiger partial charge >= 0.3 is 0 Å². The number of benzene rings is 1. The van der Waals surface area contributed by atoms with Crippen LogP contribution in [0.15, 0.2) is 24.3 Å². The number of carbonyl (C=O) groups is 1. The summed E-state index contributed by atoms with van der Waals surface area (Å²) in [4.78, 5) is 14.3. The molecule has 3 nitrogen and oxygen atoms in total. The van der Waals surface area contributed by atoms with E-state index in [4.69, 9.17) is 17.3 Å². The SMILES string of the molecule is CCN(Cc1ccccc1Cl)C(=O)CC1(N)CCCC1. The van der Waals surface area contributed by atoms with Crippen LogP contribution in [0, 0.1) is 0 Å². The number of nitrogens with zero attached hydrogens (tertiary/aromatic N) is 1. The lowest BCUT2D eigenvalue weighted by molar-refractivity contribution is -0.132. The fraction of sp³-hybridized carbons (Fsp3) is 0.562. The van der Waals surface area contributed by atoms with E-state index in [1.165, 1.54) is 0 Å². The molecule has 1 saturated carbocycles. The molecule has 0 atom stereocenters. The third-order valence-electron chi connectivity index (χ3n) is 4.16. The van der Waals surface area contributed by atoms with Gasteiger partial charge in [0.25, 0.3) is 0 Å². The average molecular weight is 295 g/mol. The molecule has 0 aromatic heterocycles. The van der Waals surface area contributed by atoms with Crippen LogP contribution in [0.25, 0.3) is 0 Å². The number of amides is 1. The fourth-order valence-electron chi connectivity index (χ4n) is 2.88. The Hall–Kier alpha value is -1.06. The third kappa shape index (κ3) is 3.74. The number of hydrogen-bond donors (Lipinski definition) is 1. The predicted octanol–water partition coefficient (Wildman–Crippen LogP) is 3.35. The van der Waals surface area contributed by atoms with Gasteiger partial charge in [-0.25, -0.2) is 0 Å². The second-order valence-electron chi connectivity index (χ2n) is 5.75. The van der Waals surface area contributed by atoms with Crippen molar-refractivity contribution < 1.29 is 4.79 Å². The summed E-state index contributed by atoms with van der Waals surface area (Å²) in [7, 11) is 0. The lowest BCUT2D eigenvalue weighted by atomic mass is 9.94. The molecule has 1 fully saturated rings. The first-order chi connectivity index (χ1) is 9.54. The molecule has 1 aliphatic rings. The Balaban J connectivity index is 2.01. The summed E-state index contributed by atoms with van der Waals surface area (Å²) < 4.78 is 0. The Morgan fingerprint density at radius 1 is 1.35 bits per heavy atom. The zero-order valence-electron chi connectivity index (χ0n) is 12.1. The number of halogens is 1. The van der Waals surface area contributed by atoms with Gasteiger partial charge in [0.1, 0.15) is 0 Å². The highest BCUT2D eigenvalue weighted by Crippen LogP contribution is 2.30. The van der Waals surface area contributed by atoms with Crippen LogP contribution >= 0.6 is 11.6 Å². The zero-order valence-corrected chi connectivity index (χ0v) is 12.8. The number of nitrogens with two attached hydrogens (primary N) is 1. The Morgan fingerprint density at radius 3 is 2.60 bits per heavy atom. The number of rotatable bonds is 5. The van der Waals surface area contributed by atoms with E-state index in [1.807, 2.05) is 36.1 Å². The largest absolute Gasteiger partial charge is 0.339 e. The monoisotopic (exact) mass is 294 g/mol. The van der Waals surface area contributed by atoms with Crippen LogP contribution in [0.5, 0.6) is 0 Å². The van der Waals surface area contributed by atoms with Gasteiger partial charge in [-0.05, 0) is 31.4 Å². The Morgan fingerprint density at radius 2 is 2.00 bits per heavy atom. The first-order valence-corrected chi connectivity index (χ1v) is 7.72. The van der Waals surface area contributed by atoms with Crippen LogP contribution in [0.3, 0.4) is 0 Å². The molecule has 2 N–H and O–H groups in total. The molecule has 0 saturated heterocycles. The predicted molar refractivity (Wildman–Crippen MR) is 82.5 cm³/mol. The fourth-order valence-corrected chi connectivity index (χ4v) is 3.07. The van der Waals surface area contributed by atoms with Gasteiger partial charge in [0.05, 0.1) is 0 Å². The molecule has 0 heterocycles. The van der Waals surface area contributed by atoms with E-state index in [1.54, 1.807) is 0 Å². The summed E-state index contributed by atoms with van der Waals surface area (Å²) in [5.41, 5.74) is 7.00. The minimum atomic E-state index is -0.287. The average Bonchev–Trinajstić information content (AvgIpc) is 2.84. The molecule has 0 aliphatic heterocycles. The van der Waals surface area contributed by atoms with Crippen LogP contribution in [0.4, 0.5) is 0 Å². The van der Waals surface area contributed by atoms with Crippen molar-refractivity contribution in [1.82, 2.24) is 4.90 Å². The summed E-state index contributed by atoms with van der Waals surface area (Å²) in [5.74, 6) is 0.136. The highest BCUT2D eigenvalue weighted by atomic mass is 35.5. The maximum atomic E-state index is 12.5. The van der Waals surface area contributed by atoms with Crippen LogP contribution in [-0.2, 0) is 11.3 Å². The first kappa shape index (κ1) is 15.3. The van der Waals surface area contributed by atoms with Gasteiger partial charge in [0.2, 0.25) is 5.91 Å². The lowest BCUT2D eigenvalue weighted by Gasteiger charge is -2.28. The smallest absolute Gasteiger partial charge is 0.224 e. The van der Waals surface area contributed by atoms with Gasteiger partial charge in [-0.2, -0.15) is 0 Å². The topological polar surface area (TPSA) is 46.3 Å². The maximum Gasteiger partial charge on any atom is 0.224 e. The van der Waals surface area contributed by atoms with E-state index in [2.05, 4.69) is 0 Å². The van der Waals surface area contributed by atoms with Crippen LogP contribution in [0.1, 0.15) is 44.6 Å². The molecule has 1 amide bonds. The summed E-state index contributed by atoms with van der Waals surface area (Å²) in [6.45, 7) is 3.23. The molecule has 1 aliphatic carbocycles. The van der Waals surface area contributed by atoms with E-state index in [-0.39, 0.29) is 11.4 Å². The second kappa shape index (κ2) is 6.59. The molecule has 1 aromatic rings. The van der Waals surface area contributed by atoms with Gasteiger partial charge in [-0.3, -0.25) is 4.79 Å². The maximum absolute atomic E-state index is 12.5. The van der Waals surface area contributed by atoms with Crippen molar-refractivity contribution in [3.05, 3.63) is 34.9 Å². The summed E-state index contributed by atoms with van der Waals surface area (Å²) in [6, 6.07) is 7.67. The van der Waals surface area contributed by atoms with Crippen molar-refractivity contribution in [3.63, 3.8) is 0 Å². The van der Waals surface area contributed by atoms with Crippen molar-refractivity contribution in [2.75, 3.05) is 6.54 Å². The Labute approximate surface area is 126 Å². The molecular weight excluding hydrogens is 272 g/mol. The van der Waals surface area contributed by atoms with Crippen molar-refractivity contribution in [2.24, 2.45) is 5.73 Å². The molecule has 0 bridgehead atoms.